The zero-order chi connectivity index (χ0) is 30.4. The third-order valence-corrected chi connectivity index (χ3v) is 8.46. The van der Waals surface area contributed by atoms with Crippen molar-refractivity contribution in [2.75, 3.05) is 13.6 Å². The Kier molecular flexibility index (Phi) is 10.5. The second-order valence-corrected chi connectivity index (χ2v) is 14.3. The molecular weight excluding hydrogens is 574 g/mol. The van der Waals surface area contributed by atoms with Gasteiger partial charge in [-0.3, -0.25) is 23.2 Å². The summed E-state index contributed by atoms with van der Waals surface area (Å²) in [7, 11) is -4.69. The van der Waals surface area contributed by atoms with E-state index in [-0.39, 0.29) is 12.2 Å². The zero-order valence-corrected chi connectivity index (χ0v) is 25.5. The first-order valence-corrected chi connectivity index (χ1v) is 15.1. The van der Waals surface area contributed by atoms with Crippen LogP contribution in [0.3, 0.4) is 0 Å². The van der Waals surface area contributed by atoms with Crippen LogP contribution < -0.4 is 0 Å². The normalized spacial score (nSPS) is 13.0. The topological polar surface area (TPSA) is 114 Å². The average Bonchev–Trinajstić information content (AvgIpc) is 3.34. The smallest absolute Gasteiger partial charge is 0.374 e. The van der Waals surface area contributed by atoms with Crippen LogP contribution in [-0.4, -0.2) is 31.5 Å². The van der Waals surface area contributed by atoms with E-state index in [0.29, 0.717) is 15.0 Å². The Balaban J connectivity index is 1.77. The second kappa shape index (κ2) is 13.2. The van der Waals surface area contributed by atoms with Gasteiger partial charge in [-0.25, -0.2) is 9.18 Å². The van der Waals surface area contributed by atoms with Crippen molar-refractivity contribution < 1.29 is 46.6 Å². The molecule has 0 bridgehead atoms. The summed E-state index contributed by atoms with van der Waals surface area (Å²) in [4.78, 5) is 37.1. The highest BCUT2D eigenvalue weighted by Crippen LogP contribution is 2.62. The van der Waals surface area contributed by atoms with Gasteiger partial charge in [-0.1, -0.05) is 36.4 Å². The summed E-state index contributed by atoms with van der Waals surface area (Å²) in [6.07, 6.45) is 0. The van der Waals surface area contributed by atoms with Crippen molar-refractivity contribution in [1.82, 2.24) is 0 Å². The molecule has 0 amide bonds. The fourth-order valence-electron chi connectivity index (χ4n) is 3.20. The molecule has 3 rings (SSSR count). The van der Waals surface area contributed by atoms with Crippen molar-refractivity contribution in [2.45, 2.75) is 54.1 Å². The minimum Gasteiger partial charge on any atom is -0.457 e. The Morgan fingerprint density at radius 3 is 1.93 bits per heavy atom. The van der Waals surface area contributed by atoms with Crippen LogP contribution >= 0.6 is 18.9 Å². The van der Waals surface area contributed by atoms with E-state index in [1.807, 2.05) is 30.3 Å². The first-order valence-electron chi connectivity index (χ1n) is 12.7. The lowest BCUT2D eigenvalue weighted by Gasteiger charge is -2.24. The number of thiophene rings is 1. The first-order chi connectivity index (χ1) is 19.1. The number of ether oxygens (including phenoxy) is 3. The number of hydrogen-bond donors (Lipinski definition) is 0. The summed E-state index contributed by atoms with van der Waals surface area (Å²) in [5, 5.41) is 0.506. The molecule has 0 aliphatic carbocycles. The largest absolute Gasteiger partial charge is 0.457 e. The van der Waals surface area contributed by atoms with Crippen molar-refractivity contribution in [3.63, 3.8) is 0 Å². The monoisotopic (exact) mass is 608 g/mol. The number of carbonyl (C=O) groups is 3. The maximum atomic E-state index is 15.8. The van der Waals surface area contributed by atoms with Gasteiger partial charge >= 0.3 is 25.5 Å². The number of carbonyl (C=O) groups excluding carboxylic acids is 3. The summed E-state index contributed by atoms with van der Waals surface area (Å²) in [5.74, 6) is -4.19. The zero-order valence-electron chi connectivity index (χ0n) is 23.8. The molecule has 0 unspecified atom stereocenters. The summed E-state index contributed by atoms with van der Waals surface area (Å²) < 4.78 is 55.7. The average molecular weight is 609 g/mol. The molecule has 222 valence electrons. The summed E-state index contributed by atoms with van der Waals surface area (Å²) in [5.41, 5.74) is -1.00. The fourth-order valence-corrected chi connectivity index (χ4v) is 5.39. The van der Waals surface area contributed by atoms with E-state index >= 15 is 4.39 Å². The number of rotatable bonds is 11. The molecule has 3 aromatic rings. The lowest BCUT2D eigenvalue weighted by Crippen LogP contribution is -2.25. The molecule has 0 spiro atoms. The number of alkyl halides is 1. The first kappa shape index (κ1) is 32.4. The summed E-state index contributed by atoms with van der Waals surface area (Å²) >= 11 is 1.16. The minimum atomic E-state index is -4.69. The Morgan fingerprint density at radius 2 is 1.39 bits per heavy atom. The molecule has 0 N–H and O–H groups in total. The van der Waals surface area contributed by atoms with Gasteiger partial charge in [-0.15, -0.1) is 11.3 Å². The minimum absolute atomic E-state index is 0.0767. The van der Waals surface area contributed by atoms with Gasteiger partial charge in [0.1, 0.15) is 11.5 Å². The van der Waals surface area contributed by atoms with Crippen LogP contribution in [0.2, 0.25) is 0 Å². The Hall–Kier alpha value is -3.11. The van der Waals surface area contributed by atoms with E-state index in [4.69, 9.17) is 23.3 Å². The molecular formula is C29H34FO9PS. The number of esters is 3. The van der Waals surface area contributed by atoms with Gasteiger partial charge in [0.25, 0.3) is 0 Å². The van der Waals surface area contributed by atoms with E-state index < -0.39 is 55.8 Å². The lowest BCUT2D eigenvalue weighted by atomic mass is 9.98. The quantitative estimate of drug-likeness (QED) is 0.0942. The van der Waals surface area contributed by atoms with Crippen LogP contribution in [0.5, 0.6) is 0 Å². The molecule has 41 heavy (non-hydrogen) atoms. The third kappa shape index (κ3) is 8.94. The van der Waals surface area contributed by atoms with E-state index in [1.165, 1.54) is 12.1 Å². The van der Waals surface area contributed by atoms with Crippen LogP contribution in [0.15, 0.2) is 54.6 Å². The van der Waals surface area contributed by atoms with Crippen LogP contribution in [0.25, 0.3) is 10.1 Å². The highest BCUT2D eigenvalue weighted by molar-refractivity contribution is 7.54. The van der Waals surface area contributed by atoms with Crippen molar-refractivity contribution in [3.8, 4) is 0 Å². The van der Waals surface area contributed by atoms with Gasteiger partial charge in [0.15, 0.2) is 0 Å². The lowest BCUT2D eigenvalue weighted by molar-refractivity contribution is -0.162. The number of fused-ring (bicyclic) bond motifs is 1. The van der Waals surface area contributed by atoms with Crippen molar-refractivity contribution in [1.29, 1.82) is 0 Å². The van der Waals surface area contributed by atoms with Gasteiger partial charge < -0.3 is 14.2 Å². The highest BCUT2D eigenvalue weighted by Gasteiger charge is 2.40. The number of benzene rings is 2. The molecule has 1 aromatic heterocycles. The Morgan fingerprint density at radius 1 is 0.829 bits per heavy atom. The Bertz CT molecular complexity index is 1390. The van der Waals surface area contributed by atoms with Gasteiger partial charge in [0, 0.05) is 4.70 Å². The van der Waals surface area contributed by atoms with Crippen molar-refractivity contribution in [2.24, 2.45) is 10.8 Å². The van der Waals surface area contributed by atoms with E-state index in [0.717, 1.165) is 16.9 Å². The molecule has 12 heteroatoms. The molecule has 0 radical (unpaired) electrons. The molecule has 0 saturated heterocycles. The van der Waals surface area contributed by atoms with Gasteiger partial charge in [-0.05, 0) is 76.3 Å². The maximum Gasteiger partial charge on any atom is 0.374 e. The van der Waals surface area contributed by atoms with Gasteiger partial charge in [-0.2, -0.15) is 0 Å². The molecule has 0 fully saturated rings. The van der Waals surface area contributed by atoms with Crippen LogP contribution in [0.1, 0.15) is 68.3 Å². The Labute approximate surface area is 242 Å². The van der Waals surface area contributed by atoms with E-state index in [1.54, 1.807) is 53.7 Å². The molecule has 0 saturated carbocycles. The predicted octanol–water partition coefficient (Wildman–Crippen LogP) is 7.55. The van der Waals surface area contributed by atoms with Crippen LogP contribution in [-0.2, 0) is 44.0 Å². The fraction of sp³-hybridized carbons (Fsp3) is 0.414. The van der Waals surface area contributed by atoms with E-state index in [9.17, 15) is 18.9 Å². The van der Waals surface area contributed by atoms with Crippen molar-refractivity contribution >= 4 is 46.9 Å². The van der Waals surface area contributed by atoms with Crippen LogP contribution in [0, 0.1) is 10.8 Å². The number of hydrogen-bond acceptors (Lipinski definition) is 10. The highest BCUT2D eigenvalue weighted by atomic mass is 32.1. The third-order valence-electron chi connectivity index (χ3n) is 5.58. The molecule has 0 aliphatic heterocycles. The SMILES string of the molecule is CC(C)(C)C(=O)OCOP(=O)(OCOC(=O)C(C)(C)C)[C@@H](F)c1ccc2sc(C(=O)OCc3ccccc3)cc2c1. The predicted molar refractivity (Wildman–Crippen MR) is 152 cm³/mol. The molecule has 1 heterocycles. The molecule has 0 aliphatic rings. The molecule has 2 aromatic carbocycles. The van der Waals surface area contributed by atoms with Crippen LogP contribution in [0.4, 0.5) is 4.39 Å². The molecule has 9 nitrogen and oxygen atoms in total. The second-order valence-electron chi connectivity index (χ2n) is 11.2. The van der Waals surface area contributed by atoms with Crippen molar-refractivity contribution in [3.05, 3.63) is 70.6 Å². The standard InChI is InChI=1S/C29H34FO9PS/c1-28(2,3)26(32)36-17-38-40(34,39-18-37-27(33)29(4,5)6)24(30)20-12-13-22-21(14-20)15-23(41-22)25(31)35-16-19-10-8-7-9-11-19/h7-15,24H,16-18H2,1-6H3/t24-/m1/s1. The van der Waals surface area contributed by atoms with Gasteiger partial charge in [0.05, 0.1) is 10.8 Å². The van der Waals surface area contributed by atoms with Gasteiger partial charge in [0.2, 0.25) is 19.5 Å². The number of halogens is 1. The maximum absolute atomic E-state index is 15.8. The molecule has 1 atom stereocenters. The summed E-state index contributed by atoms with van der Waals surface area (Å²) in [6, 6.07) is 15.1. The summed E-state index contributed by atoms with van der Waals surface area (Å²) in [6.45, 7) is 8.05. The van der Waals surface area contributed by atoms with E-state index in [2.05, 4.69) is 0 Å².